The second-order valence-electron chi connectivity index (χ2n) is 4.43. The summed E-state index contributed by atoms with van der Waals surface area (Å²) in [5.41, 5.74) is 0.802. The number of fused-ring (bicyclic) bond motifs is 1. The zero-order chi connectivity index (χ0) is 12.4. The minimum absolute atomic E-state index is 0.0390. The molecule has 2 heterocycles. The summed E-state index contributed by atoms with van der Waals surface area (Å²) in [6, 6.07) is 7.95. The predicted molar refractivity (Wildman–Crippen MR) is 68.9 cm³/mol. The van der Waals surface area contributed by atoms with Crippen molar-refractivity contribution in [2.24, 2.45) is 0 Å². The summed E-state index contributed by atoms with van der Waals surface area (Å²) < 4.78 is 17.0. The Kier molecular flexibility index (Phi) is 3.21. The van der Waals surface area contributed by atoms with Gasteiger partial charge in [-0.05, 0) is 25.1 Å². The van der Waals surface area contributed by atoms with Gasteiger partial charge in [-0.3, -0.25) is 0 Å². The molecule has 1 saturated heterocycles. The summed E-state index contributed by atoms with van der Waals surface area (Å²) in [5, 5.41) is 4.37. The van der Waals surface area contributed by atoms with Gasteiger partial charge in [-0.25, -0.2) is 0 Å². The molecule has 1 aromatic heterocycles. The minimum Gasteiger partial charge on any atom is -0.493 e. The molecule has 3 rings (SSSR count). The quantitative estimate of drug-likeness (QED) is 0.885. The molecule has 1 aromatic carbocycles. The Hall–Kier alpha value is -1.52. The number of hydrogen-bond acceptors (Lipinski definition) is 4. The van der Waals surface area contributed by atoms with E-state index in [1.54, 1.807) is 7.11 Å². The van der Waals surface area contributed by atoms with Gasteiger partial charge < -0.3 is 19.2 Å². The van der Waals surface area contributed by atoms with E-state index in [2.05, 4.69) is 5.32 Å². The van der Waals surface area contributed by atoms with Gasteiger partial charge in [0.15, 0.2) is 11.3 Å². The fraction of sp³-hybridized carbons (Fsp3) is 0.429. The van der Waals surface area contributed by atoms with E-state index in [0.29, 0.717) is 0 Å². The second kappa shape index (κ2) is 5.00. The maximum Gasteiger partial charge on any atom is 0.176 e. The van der Waals surface area contributed by atoms with Gasteiger partial charge in [0.2, 0.25) is 0 Å². The smallest absolute Gasteiger partial charge is 0.176 e. The fourth-order valence-corrected chi connectivity index (χ4v) is 2.31. The zero-order valence-corrected chi connectivity index (χ0v) is 10.4. The molecule has 1 aliphatic rings. The van der Waals surface area contributed by atoms with Crippen LogP contribution in [0.25, 0.3) is 11.0 Å². The van der Waals surface area contributed by atoms with E-state index in [-0.39, 0.29) is 6.10 Å². The Bertz CT molecular complexity index is 527. The molecule has 4 nitrogen and oxygen atoms in total. The number of furan rings is 1. The highest BCUT2D eigenvalue weighted by Crippen LogP contribution is 2.33. The van der Waals surface area contributed by atoms with Crippen LogP contribution >= 0.6 is 0 Å². The van der Waals surface area contributed by atoms with Gasteiger partial charge in [0.05, 0.1) is 13.7 Å². The van der Waals surface area contributed by atoms with Crippen molar-refractivity contribution in [2.45, 2.75) is 12.5 Å². The molecule has 0 spiro atoms. The molecule has 0 saturated carbocycles. The van der Waals surface area contributed by atoms with E-state index in [1.165, 1.54) is 0 Å². The summed E-state index contributed by atoms with van der Waals surface area (Å²) in [7, 11) is 1.66. The third kappa shape index (κ3) is 2.09. The van der Waals surface area contributed by atoms with E-state index < -0.39 is 0 Å². The van der Waals surface area contributed by atoms with Crippen molar-refractivity contribution >= 4 is 11.0 Å². The third-order valence-corrected chi connectivity index (χ3v) is 3.25. The number of rotatable bonds is 2. The molecule has 4 heteroatoms. The average molecular weight is 247 g/mol. The van der Waals surface area contributed by atoms with Crippen LogP contribution in [0.4, 0.5) is 0 Å². The van der Waals surface area contributed by atoms with Crippen molar-refractivity contribution in [3.05, 3.63) is 30.0 Å². The lowest BCUT2D eigenvalue weighted by atomic mass is 10.2. The van der Waals surface area contributed by atoms with Crippen molar-refractivity contribution < 1.29 is 13.9 Å². The Morgan fingerprint density at radius 1 is 1.33 bits per heavy atom. The van der Waals surface area contributed by atoms with Crippen molar-refractivity contribution in [3.8, 4) is 5.75 Å². The van der Waals surface area contributed by atoms with Crippen LogP contribution in [0.1, 0.15) is 18.3 Å². The minimum atomic E-state index is 0.0390. The van der Waals surface area contributed by atoms with E-state index in [9.17, 15) is 0 Å². The first-order valence-electron chi connectivity index (χ1n) is 6.27. The van der Waals surface area contributed by atoms with Crippen molar-refractivity contribution in [2.75, 3.05) is 26.8 Å². The molecule has 0 radical (unpaired) electrons. The van der Waals surface area contributed by atoms with Gasteiger partial charge in [-0.1, -0.05) is 12.1 Å². The van der Waals surface area contributed by atoms with E-state index in [1.807, 2.05) is 24.3 Å². The molecular formula is C14H17NO3. The first kappa shape index (κ1) is 11.6. The first-order valence-corrected chi connectivity index (χ1v) is 6.27. The number of ether oxygens (including phenoxy) is 2. The molecule has 0 aliphatic carbocycles. The van der Waals surface area contributed by atoms with Gasteiger partial charge in [-0.2, -0.15) is 0 Å². The van der Waals surface area contributed by atoms with Gasteiger partial charge in [-0.15, -0.1) is 0 Å². The topological polar surface area (TPSA) is 43.6 Å². The van der Waals surface area contributed by atoms with Gasteiger partial charge >= 0.3 is 0 Å². The van der Waals surface area contributed by atoms with Crippen molar-refractivity contribution in [1.82, 2.24) is 5.32 Å². The van der Waals surface area contributed by atoms with Crippen LogP contribution in [0.5, 0.6) is 5.75 Å². The molecule has 1 aliphatic heterocycles. The molecule has 1 atom stereocenters. The number of methoxy groups -OCH3 is 1. The van der Waals surface area contributed by atoms with Crippen molar-refractivity contribution in [1.29, 1.82) is 0 Å². The molecule has 18 heavy (non-hydrogen) atoms. The monoisotopic (exact) mass is 247 g/mol. The predicted octanol–water partition coefficient (Wildman–Crippen LogP) is 2.49. The lowest BCUT2D eigenvalue weighted by molar-refractivity contribution is 0.0497. The first-order chi connectivity index (χ1) is 8.88. The SMILES string of the molecule is COc1cccc2cc(C3CCNCCO3)oc12. The van der Waals surface area contributed by atoms with Crippen LogP contribution in [0.3, 0.4) is 0 Å². The van der Waals surface area contributed by atoms with Crippen LogP contribution < -0.4 is 10.1 Å². The fourth-order valence-electron chi connectivity index (χ4n) is 2.31. The van der Waals surface area contributed by atoms with E-state index >= 15 is 0 Å². The van der Waals surface area contributed by atoms with Crippen LogP contribution in [-0.4, -0.2) is 26.8 Å². The summed E-state index contributed by atoms with van der Waals surface area (Å²) in [6.07, 6.45) is 0.972. The molecule has 1 fully saturated rings. The Balaban J connectivity index is 1.96. The number of benzene rings is 1. The molecule has 2 aromatic rings. The summed E-state index contributed by atoms with van der Waals surface area (Å²) >= 11 is 0. The van der Waals surface area contributed by atoms with Gasteiger partial charge in [0, 0.05) is 11.9 Å². The Labute approximate surface area is 106 Å². The number of nitrogens with one attached hydrogen (secondary N) is 1. The van der Waals surface area contributed by atoms with Crippen LogP contribution in [0, 0.1) is 0 Å². The normalized spacial score (nSPS) is 20.8. The molecular weight excluding hydrogens is 230 g/mol. The third-order valence-electron chi connectivity index (χ3n) is 3.25. The zero-order valence-electron chi connectivity index (χ0n) is 10.4. The number of para-hydroxylation sites is 1. The highest BCUT2D eigenvalue weighted by molar-refractivity contribution is 5.83. The summed E-state index contributed by atoms with van der Waals surface area (Å²) in [5.74, 6) is 1.66. The molecule has 96 valence electrons. The molecule has 0 amide bonds. The van der Waals surface area contributed by atoms with Crippen molar-refractivity contribution in [3.63, 3.8) is 0 Å². The Morgan fingerprint density at radius 3 is 3.17 bits per heavy atom. The van der Waals surface area contributed by atoms with Crippen LogP contribution in [0.2, 0.25) is 0 Å². The molecule has 1 unspecified atom stereocenters. The average Bonchev–Trinajstić information content (AvgIpc) is 2.65. The summed E-state index contributed by atoms with van der Waals surface area (Å²) in [6.45, 7) is 2.58. The largest absolute Gasteiger partial charge is 0.493 e. The second-order valence-corrected chi connectivity index (χ2v) is 4.43. The van der Waals surface area contributed by atoms with Gasteiger partial charge in [0.25, 0.3) is 0 Å². The maximum absolute atomic E-state index is 5.91. The molecule has 0 bridgehead atoms. The highest BCUT2D eigenvalue weighted by atomic mass is 16.5. The van der Waals surface area contributed by atoms with E-state index in [0.717, 1.165) is 48.6 Å². The number of hydrogen-bond donors (Lipinski definition) is 1. The van der Waals surface area contributed by atoms with Crippen LogP contribution in [0.15, 0.2) is 28.7 Å². The molecule has 1 N–H and O–H groups in total. The lowest BCUT2D eigenvalue weighted by Gasteiger charge is -2.10. The van der Waals surface area contributed by atoms with E-state index in [4.69, 9.17) is 13.9 Å². The Morgan fingerprint density at radius 2 is 2.28 bits per heavy atom. The standard InChI is InChI=1S/C14H17NO3/c1-16-12-4-2-3-10-9-13(18-14(10)12)11-5-6-15-7-8-17-11/h2-4,9,11,15H,5-8H2,1H3. The maximum atomic E-state index is 5.91. The highest BCUT2D eigenvalue weighted by Gasteiger charge is 2.19. The van der Waals surface area contributed by atoms with Crippen LogP contribution in [-0.2, 0) is 4.74 Å². The summed E-state index contributed by atoms with van der Waals surface area (Å²) in [4.78, 5) is 0. The lowest BCUT2D eigenvalue weighted by Crippen LogP contribution is -2.16. The van der Waals surface area contributed by atoms with Gasteiger partial charge in [0.1, 0.15) is 11.9 Å².